The Bertz CT molecular complexity index is 1040. The number of rotatable bonds is 6. The molecule has 0 aliphatic carbocycles. The zero-order valence-electron chi connectivity index (χ0n) is 20.0. The molecule has 0 aromatic heterocycles. The lowest BCUT2D eigenvalue weighted by molar-refractivity contribution is -0.153. The summed E-state index contributed by atoms with van der Waals surface area (Å²) in [6, 6.07) is 13.1. The summed E-state index contributed by atoms with van der Waals surface area (Å²) < 4.78 is 12.4. The number of likely N-dealkylation sites (tertiary alicyclic amines) is 1. The van der Waals surface area contributed by atoms with Crippen molar-refractivity contribution in [1.82, 2.24) is 9.80 Å². The molecule has 2 aliphatic heterocycles. The first-order valence-corrected chi connectivity index (χ1v) is 12.4. The number of amides is 2. The Morgan fingerprint density at radius 3 is 2.50 bits per heavy atom. The van der Waals surface area contributed by atoms with Crippen LogP contribution < -0.4 is 4.74 Å². The smallest absolute Gasteiger partial charge is 0.254 e. The molecular formula is C27H33ClN2O4. The van der Waals surface area contributed by atoms with Gasteiger partial charge in [0.1, 0.15) is 18.0 Å². The van der Waals surface area contributed by atoms with Gasteiger partial charge in [0.2, 0.25) is 5.91 Å². The summed E-state index contributed by atoms with van der Waals surface area (Å²) >= 11 is 6.16. The summed E-state index contributed by atoms with van der Waals surface area (Å²) in [5.74, 6) is 0.678. The fraction of sp³-hybridized carbons (Fsp3) is 0.481. The molecule has 7 heteroatoms. The van der Waals surface area contributed by atoms with Crippen molar-refractivity contribution in [1.29, 1.82) is 0 Å². The van der Waals surface area contributed by atoms with Crippen molar-refractivity contribution < 1.29 is 19.1 Å². The molecular weight excluding hydrogens is 452 g/mol. The zero-order valence-corrected chi connectivity index (χ0v) is 20.8. The number of morpholine rings is 1. The van der Waals surface area contributed by atoms with E-state index in [9.17, 15) is 9.59 Å². The normalized spacial score (nSPS) is 20.8. The van der Waals surface area contributed by atoms with Crippen LogP contribution in [0, 0.1) is 13.8 Å². The predicted molar refractivity (Wildman–Crippen MR) is 132 cm³/mol. The third kappa shape index (κ3) is 5.73. The highest BCUT2D eigenvalue weighted by molar-refractivity contribution is 6.31. The maximum absolute atomic E-state index is 13.4. The van der Waals surface area contributed by atoms with Crippen molar-refractivity contribution in [3.63, 3.8) is 0 Å². The largest absolute Gasteiger partial charge is 0.490 e. The first-order valence-electron chi connectivity index (χ1n) is 12.0. The SMILES string of the molecule is Cc1cc(OCC2(CC(=O)N3CCCCC3)CN(C(=O)c3ccccc3C)CCO2)ccc1Cl. The topological polar surface area (TPSA) is 59.1 Å². The van der Waals surface area contributed by atoms with Crippen LogP contribution in [0.1, 0.15) is 47.2 Å². The van der Waals surface area contributed by atoms with Crippen LogP contribution in [0.25, 0.3) is 0 Å². The van der Waals surface area contributed by atoms with Crippen LogP contribution in [0.15, 0.2) is 42.5 Å². The minimum atomic E-state index is -0.918. The van der Waals surface area contributed by atoms with E-state index in [-0.39, 0.29) is 24.8 Å². The summed E-state index contributed by atoms with van der Waals surface area (Å²) in [6.45, 7) is 6.71. The lowest BCUT2D eigenvalue weighted by atomic mass is 9.95. The van der Waals surface area contributed by atoms with Gasteiger partial charge in [-0.1, -0.05) is 29.8 Å². The maximum atomic E-state index is 13.4. The van der Waals surface area contributed by atoms with Crippen LogP contribution in [0.4, 0.5) is 0 Å². The number of carbonyl (C=O) groups excluding carboxylic acids is 2. The summed E-state index contributed by atoms with van der Waals surface area (Å²) in [5, 5.41) is 0.672. The maximum Gasteiger partial charge on any atom is 0.254 e. The van der Waals surface area contributed by atoms with Crippen LogP contribution >= 0.6 is 11.6 Å². The highest BCUT2D eigenvalue weighted by atomic mass is 35.5. The zero-order chi connectivity index (χ0) is 24.1. The van der Waals surface area contributed by atoms with E-state index in [0.717, 1.165) is 43.5 Å². The number of halogens is 1. The molecule has 0 spiro atoms. The number of carbonyl (C=O) groups is 2. The summed E-state index contributed by atoms with van der Waals surface area (Å²) in [5.41, 5.74) is 1.61. The highest BCUT2D eigenvalue weighted by Crippen LogP contribution is 2.28. The summed E-state index contributed by atoms with van der Waals surface area (Å²) in [6.07, 6.45) is 3.39. The minimum absolute atomic E-state index is 0.0430. The first-order chi connectivity index (χ1) is 16.4. The van der Waals surface area contributed by atoms with Gasteiger partial charge in [-0.2, -0.15) is 0 Å². The Morgan fingerprint density at radius 1 is 1.00 bits per heavy atom. The van der Waals surface area contributed by atoms with Crippen LogP contribution in [-0.2, 0) is 9.53 Å². The summed E-state index contributed by atoms with van der Waals surface area (Å²) in [4.78, 5) is 30.3. The van der Waals surface area contributed by atoms with Crippen LogP contribution in [0.2, 0.25) is 5.02 Å². The predicted octanol–water partition coefficient (Wildman–Crippen LogP) is 4.65. The number of piperidine rings is 1. The van der Waals surface area contributed by atoms with Crippen LogP contribution in [-0.4, -0.2) is 66.6 Å². The van der Waals surface area contributed by atoms with E-state index in [1.54, 1.807) is 11.0 Å². The van der Waals surface area contributed by atoms with E-state index < -0.39 is 5.60 Å². The molecule has 2 aliphatic rings. The van der Waals surface area contributed by atoms with E-state index in [2.05, 4.69) is 0 Å². The van der Waals surface area contributed by atoms with Crippen molar-refractivity contribution >= 4 is 23.4 Å². The minimum Gasteiger partial charge on any atom is -0.490 e. The van der Waals surface area contributed by atoms with Gasteiger partial charge in [0.05, 0.1) is 19.6 Å². The van der Waals surface area contributed by atoms with Crippen LogP contribution in [0.5, 0.6) is 5.75 Å². The molecule has 2 aromatic carbocycles. The number of hydrogen-bond donors (Lipinski definition) is 0. The third-order valence-corrected chi connectivity index (χ3v) is 7.15. The monoisotopic (exact) mass is 484 g/mol. The van der Waals surface area contributed by atoms with E-state index in [4.69, 9.17) is 21.1 Å². The van der Waals surface area contributed by atoms with E-state index in [0.29, 0.717) is 36.0 Å². The Labute approximate surface area is 206 Å². The van der Waals surface area contributed by atoms with Gasteiger partial charge in [0, 0.05) is 30.2 Å². The number of hydrogen-bond acceptors (Lipinski definition) is 4. The van der Waals surface area contributed by atoms with Gasteiger partial charge in [-0.05, 0) is 68.5 Å². The molecule has 182 valence electrons. The first kappa shape index (κ1) is 24.6. The fourth-order valence-corrected chi connectivity index (χ4v) is 4.82. The average Bonchev–Trinajstić information content (AvgIpc) is 2.85. The van der Waals surface area contributed by atoms with Gasteiger partial charge in [0.15, 0.2) is 0 Å². The molecule has 2 saturated heterocycles. The molecule has 2 aromatic rings. The number of nitrogens with zero attached hydrogens (tertiary/aromatic N) is 2. The molecule has 1 atom stereocenters. The fourth-order valence-electron chi connectivity index (χ4n) is 4.70. The molecule has 1 unspecified atom stereocenters. The van der Waals surface area contributed by atoms with Crippen molar-refractivity contribution in [2.24, 2.45) is 0 Å². The lowest BCUT2D eigenvalue weighted by Crippen LogP contribution is -2.58. The molecule has 0 radical (unpaired) electrons. The lowest BCUT2D eigenvalue weighted by Gasteiger charge is -2.43. The van der Waals surface area contributed by atoms with Crippen LogP contribution in [0.3, 0.4) is 0 Å². The van der Waals surface area contributed by atoms with Gasteiger partial charge in [0.25, 0.3) is 5.91 Å². The quantitative estimate of drug-likeness (QED) is 0.598. The van der Waals surface area contributed by atoms with Gasteiger partial charge in [-0.25, -0.2) is 0 Å². The van der Waals surface area contributed by atoms with Gasteiger partial charge in [-0.15, -0.1) is 0 Å². The van der Waals surface area contributed by atoms with E-state index >= 15 is 0 Å². The van der Waals surface area contributed by atoms with E-state index in [1.165, 1.54) is 0 Å². The van der Waals surface area contributed by atoms with E-state index in [1.807, 2.05) is 55.1 Å². The molecule has 6 nitrogen and oxygen atoms in total. The second-order valence-corrected chi connectivity index (χ2v) is 9.80. The van der Waals surface area contributed by atoms with Crippen molar-refractivity contribution in [3.05, 3.63) is 64.2 Å². The second-order valence-electron chi connectivity index (χ2n) is 9.39. The van der Waals surface area contributed by atoms with Crippen molar-refractivity contribution in [2.45, 2.75) is 45.1 Å². The van der Waals surface area contributed by atoms with Crippen molar-refractivity contribution in [2.75, 3.05) is 39.4 Å². The standard InChI is InChI=1S/C27H33ClN2O4/c1-20-8-4-5-9-23(20)26(32)30-14-15-34-27(18-30,17-25(31)29-12-6-3-7-13-29)19-33-22-10-11-24(28)21(2)16-22/h4-5,8-11,16H,3,6-7,12-15,17-19H2,1-2H3. The van der Waals surface area contributed by atoms with Gasteiger partial charge < -0.3 is 19.3 Å². The molecule has 4 rings (SSSR count). The molecule has 0 N–H and O–H groups in total. The average molecular weight is 485 g/mol. The highest BCUT2D eigenvalue weighted by Gasteiger charge is 2.42. The molecule has 2 fully saturated rings. The molecule has 2 heterocycles. The Morgan fingerprint density at radius 2 is 1.76 bits per heavy atom. The number of benzene rings is 2. The Hall–Kier alpha value is -2.57. The second kappa shape index (κ2) is 10.8. The van der Waals surface area contributed by atoms with Gasteiger partial charge >= 0.3 is 0 Å². The summed E-state index contributed by atoms with van der Waals surface area (Å²) in [7, 11) is 0. The molecule has 0 saturated carbocycles. The Balaban J connectivity index is 1.55. The molecule has 0 bridgehead atoms. The third-order valence-electron chi connectivity index (χ3n) is 6.72. The number of ether oxygens (including phenoxy) is 2. The Kier molecular flexibility index (Phi) is 7.79. The molecule has 2 amide bonds. The van der Waals surface area contributed by atoms with Crippen molar-refractivity contribution in [3.8, 4) is 5.75 Å². The van der Waals surface area contributed by atoms with Gasteiger partial charge in [-0.3, -0.25) is 9.59 Å². The molecule has 34 heavy (non-hydrogen) atoms. The number of aryl methyl sites for hydroxylation is 2.